The van der Waals surface area contributed by atoms with Crippen LogP contribution in [0, 0.1) is 11.7 Å². The zero-order chi connectivity index (χ0) is 23.7. The lowest BCUT2D eigenvalue weighted by molar-refractivity contribution is -0.117. The van der Waals surface area contributed by atoms with Crippen LogP contribution >= 0.6 is 27.3 Å². The van der Waals surface area contributed by atoms with Crippen molar-refractivity contribution in [1.82, 2.24) is 4.98 Å². The molecule has 0 saturated heterocycles. The Morgan fingerprint density at radius 1 is 1.06 bits per heavy atom. The summed E-state index contributed by atoms with van der Waals surface area (Å²) in [5.74, 6) is 0.148. The Morgan fingerprint density at radius 3 is 2.65 bits per heavy atom. The molecule has 1 saturated carbocycles. The molecule has 3 aromatic carbocycles. The minimum absolute atomic E-state index is 0.0105. The molecule has 6 nitrogen and oxygen atoms in total. The lowest BCUT2D eigenvalue weighted by Crippen LogP contribution is -2.15. The smallest absolute Gasteiger partial charge is 0.229 e. The van der Waals surface area contributed by atoms with Gasteiger partial charge in [0.25, 0.3) is 0 Å². The lowest BCUT2D eigenvalue weighted by atomic mass is 10.1. The molecule has 1 aliphatic rings. The third-order valence-electron chi connectivity index (χ3n) is 5.24. The van der Waals surface area contributed by atoms with Crippen molar-refractivity contribution in [1.29, 1.82) is 0 Å². The Balaban J connectivity index is 1.28. The van der Waals surface area contributed by atoms with E-state index < -0.39 is 5.82 Å². The van der Waals surface area contributed by atoms with E-state index in [9.17, 15) is 14.0 Å². The maximum absolute atomic E-state index is 14.3. The van der Waals surface area contributed by atoms with Gasteiger partial charge >= 0.3 is 0 Å². The highest BCUT2D eigenvalue weighted by Gasteiger charge is 2.30. The third kappa shape index (κ3) is 5.43. The molecule has 172 valence electrons. The number of nitrogens with one attached hydrogen (secondary N) is 2. The first-order chi connectivity index (χ1) is 16.4. The van der Waals surface area contributed by atoms with Crippen molar-refractivity contribution in [2.24, 2.45) is 5.92 Å². The Bertz CT molecular complexity index is 1400. The Labute approximate surface area is 207 Å². The van der Waals surface area contributed by atoms with Crippen LogP contribution in [0.5, 0.6) is 11.5 Å². The van der Waals surface area contributed by atoms with Crippen molar-refractivity contribution in [2.45, 2.75) is 19.3 Å². The van der Waals surface area contributed by atoms with Crippen LogP contribution in [-0.4, -0.2) is 16.8 Å². The first kappa shape index (κ1) is 22.5. The second kappa shape index (κ2) is 9.52. The number of hydrogen-bond donors (Lipinski definition) is 2. The summed E-state index contributed by atoms with van der Waals surface area (Å²) in [5.41, 5.74) is 1.61. The van der Waals surface area contributed by atoms with Gasteiger partial charge in [-0.05, 0) is 54.8 Å². The summed E-state index contributed by atoms with van der Waals surface area (Å²) in [6.07, 6.45) is 1.98. The predicted molar refractivity (Wildman–Crippen MR) is 134 cm³/mol. The molecule has 0 radical (unpaired) electrons. The monoisotopic (exact) mass is 539 g/mol. The molecule has 34 heavy (non-hydrogen) atoms. The fourth-order valence-electron chi connectivity index (χ4n) is 3.40. The number of halogens is 2. The van der Waals surface area contributed by atoms with E-state index in [0.717, 1.165) is 33.1 Å². The molecule has 5 rings (SSSR count). The molecule has 1 heterocycles. The van der Waals surface area contributed by atoms with Gasteiger partial charge in [-0.2, -0.15) is 0 Å². The number of carbonyl (C=O) groups excluding carboxylic acids is 2. The summed E-state index contributed by atoms with van der Waals surface area (Å²) in [4.78, 5) is 28.8. The van der Waals surface area contributed by atoms with Crippen molar-refractivity contribution >= 4 is 60.1 Å². The molecule has 0 aliphatic heterocycles. The quantitative estimate of drug-likeness (QED) is 0.280. The lowest BCUT2D eigenvalue weighted by Gasteiger charge is -2.10. The molecule has 2 amide bonds. The van der Waals surface area contributed by atoms with Crippen molar-refractivity contribution < 1.29 is 18.7 Å². The molecule has 4 aromatic rings. The highest BCUT2D eigenvalue weighted by atomic mass is 79.9. The number of benzene rings is 3. The summed E-state index contributed by atoms with van der Waals surface area (Å²) >= 11 is 4.74. The van der Waals surface area contributed by atoms with Gasteiger partial charge in [0.15, 0.2) is 5.13 Å². The van der Waals surface area contributed by atoms with Crippen LogP contribution in [0.25, 0.3) is 10.2 Å². The van der Waals surface area contributed by atoms with Crippen LogP contribution in [0.15, 0.2) is 65.1 Å². The Hall–Kier alpha value is -3.30. The van der Waals surface area contributed by atoms with E-state index in [1.807, 2.05) is 30.3 Å². The molecule has 9 heteroatoms. The van der Waals surface area contributed by atoms with Gasteiger partial charge in [0, 0.05) is 22.5 Å². The van der Waals surface area contributed by atoms with Gasteiger partial charge in [-0.15, -0.1) is 0 Å². The summed E-state index contributed by atoms with van der Waals surface area (Å²) in [7, 11) is 0. The molecule has 0 atom stereocenters. The van der Waals surface area contributed by atoms with E-state index in [1.54, 1.807) is 12.1 Å². The highest BCUT2D eigenvalue weighted by molar-refractivity contribution is 9.10. The van der Waals surface area contributed by atoms with E-state index >= 15 is 0 Å². The van der Waals surface area contributed by atoms with Crippen molar-refractivity contribution in [3.63, 3.8) is 0 Å². The molecule has 1 aliphatic carbocycles. The van der Waals surface area contributed by atoms with Crippen LogP contribution in [0.2, 0.25) is 0 Å². The maximum atomic E-state index is 14.3. The second-order valence-corrected chi connectivity index (χ2v) is 9.96. The number of ether oxygens (including phenoxy) is 1. The van der Waals surface area contributed by atoms with Gasteiger partial charge in [-0.25, -0.2) is 9.37 Å². The number of carbonyl (C=O) groups is 2. The van der Waals surface area contributed by atoms with Crippen LogP contribution in [0.4, 0.5) is 15.2 Å². The number of fused-ring (bicyclic) bond motifs is 1. The van der Waals surface area contributed by atoms with Gasteiger partial charge in [0.2, 0.25) is 11.8 Å². The van der Waals surface area contributed by atoms with Crippen molar-refractivity contribution in [2.75, 3.05) is 10.6 Å². The first-order valence-electron chi connectivity index (χ1n) is 10.7. The average molecular weight is 540 g/mol. The summed E-state index contributed by atoms with van der Waals surface area (Å²) in [6.45, 7) is 0. The number of aromatic nitrogens is 1. The van der Waals surface area contributed by atoms with E-state index in [4.69, 9.17) is 4.74 Å². The second-order valence-electron chi connectivity index (χ2n) is 8.01. The van der Waals surface area contributed by atoms with Crippen molar-refractivity contribution in [3.8, 4) is 11.5 Å². The van der Waals surface area contributed by atoms with Gasteiger partial charge in [0.1, 0.15) is 17.3 Å². The average Bonchev–Trinajstić information content (AvgIpc) is 3.57. The van der Waals surface area contributed by atoms with Gasteiger partial charge < -0.3 is 15.4 Å². The highest BCUT2D eigenvalue weighted by Crippen LogP contribution is 2.34. The van der Waals surface area contributed by atoms with Crippen LogP contribution < -0.4 is 15.4 Å². The van der Waals surface area contributed by atoms with E-state index in [1.165, 1.54) is 29.5 Å². The van der Waals surface area contributed by atoms with Crippen LogP contribution in [0.3, 0.4) is 0 Å². The summed E-state index contributed by atoms with van der Waals surface area (Å²) < 4.78 is 22.0. The van der Waals surface area contributed by atoms with E-state index in [2.05, 4.69) is 31.5 Å². The molecular formula is C25H19BrFN3O3S. The molecule has 0 bridgehead atoms. The molecule has 1 aromatic heterocycles. The Kier molecular flexibility index (Phi) is 6.30. The van der Waals surface area contributed by atoms with E-state index in [0.29, 0.717) is 16.6 Å². The summed E-state index contributed by atoms with van der Waals surface area (Å²) in [5, 5.41) is 6.03. The van der Waals surface area contributed by atoms with Crippen LogP contribution in [-0.2, 0) is 16.0 Å². The fraction of sp³-hybridized carbons (Fsp3) is 0.160. The van der Waals surface area contributed by atoms with Crippen molar-refractivity contribution in [3.05, 3.63) is 76.5 Å². The molecule has 1 fully saturated rings. The number of amides is 2. The standard InChI is InChI=1S/C25H19BrFN3O3S/c26-16-3-1-2-14(10-16)11-23(31)28-21-12-17(6-8-19(21)27)33-18-7-9-20-22(13-18)34-25(29-20)30-24(32)15-4-5-15/h1-3,6-10,12-13,15H,4-5,11H2,(H,28,31)(H,29,30,32). The van der Waals surface area contributed by atoms with Gasteiger partial charge in [-0.3, -0.25) is 9.59 Å². The number of rotatable bonds is 7. The fourth-order valence-corrected chi connectivity index (χ4v) is 4.75. The zero-order valence-electron chi connectivity index (χ0n) is 17.8. The van der Waals surface area contributed by atoms with Crippen LogP contribution in [0.1, 0.15) is 18.4 Å². The largest absolute Gasteiger partial charge is 0.457 e. The number of anilines is 2. The predicted octanol–water partition coefficient (Wildman–Crippen LogP) is 6.52. The van der Waals surface area contributed by atoms with Gasteiger partial charge in [0.05, 0.1) is 22.3 Å². The normalized spacial score (nSPS) is 13.0. The van der Waals surface area contributed by atoms with Gasteiger partial charge in [-0.1, -0.05) is 39.4 Å². The topological polar surface area (TPSA) is 80.3 Å². The van der Waals surface area contributed by atoms with E-state index in [-0.39, 0.29) is 29.8 Å². The minimum atomic E-state index is -0.552. The number of nitrogens with zero attached hydrogens (tertiary/aromatic N) is 1. The maximum Gasteiger partial charge on any atom is 0.229 e. The molecule has 2 N–H and O–H groups in total. The minimum Gasteiger partial charge on any atom is -0.457 e. The first-order valence-corrected chi connectivity index (χ1v) is 12.3. The molecule has 0 spiro atoms. The molecular weight excluding hydrogens is 521 g/mol. The summed E-state index contributed by atoms with van der Waals surface area (Å²) in [6, 6.07) is 17.0. The number of hydrogen-bond acceptors (Lipinski definition) is 5. The third-order valence-corrected chi connectivity index (χ3v) is 6.67. The molecule has 0 unspecified atom stereocenters. The number of thiazole rings is 1. The SMILES string of the molecule is O=C(Cc1cccc(Br)c1)Nc1cc(Oc2ccc3nc(NC(=O)C4CC4)sc3c2)ccc1F. The Morgan fingerprint density at radius 2 is 1.85 bits per heavy atom. The zero-order valence-corrected chi connectivity index (χ0v) is 20.2.